The molecule has 0 aliphatic heterocycles. The molecule has 0 spiro atoms. The third kappa shape index (κ3) is 10.2. The van der Waals surface area contributed by atoms with Gasteiger partial charge in [0.2, 0.25) is 6.29 Å². The number of carbonyl (C=O) groups excluding carboxylic acids is 1. The molecule has 0 saturated heterocycles. The van der Waals surface area contributed by atoms with Gasteiger partial charge in [0.25, 0.3) is 6.29 Å². The van der Waals surface area contributed by atoms with Gasteiger partial charge in [-0.3, -0.25) is 4.79 Å². The van der Waals surface area contributed by atoms with E-state index >= 15 is 0 Å². The first-order valence-corrected chi connectivity index (χ1v) is 4.96. The Hall–Kier alpha value is 0.122. The van der Waals surface area contributed by atoms with Crippen molar-refractivity contribution < 1.29 is 14.3 Å². The molecule has 0 rings (SSSR count). The molecule has 0 bridgehead atoms. The first kappa shape index (κ1) is 16.5. The molecule has 14 heavy (non-hydrogen) atoms. The second-order valence-electron chi connectivity index (χ2n) is 2.90. The van der Waals surface area contributed by atoms with Crippen LogP contribution in [0.25, 0.3) is 0 Å². The van der Waals surface area contributed by atoms with Crippen LogP contribution in [0.5, 0.6) is 0 Å². The van der Waals surface area contributed by atoms with Crippen LogP contribution in [0.3, 0.4) is 0 Å². The lowest BCUT2D eigenvalue weighted by Crippen LogP contribution is -2.19. The van der Waals surface area contributed by atoms with E-state index in [-0.39, 0.29) is 17.4 Å². The summed E-state index contributed by atoms with van der Waals surface area (Å²) in [6.07, 6.45) is 4.97. The van der Waals surface area contributed by atoms with Crippen LogP contribution in [0.1, 0.15) is 39.5 Å². The normalized spacial score (nSPS) is 9.93. The van der Waals surface area contributed by atoms with Crippen LogP contribution in [0, 0.1) is 0 Å². The number of hydrogen-bond donors (Lipinski definition) is 0. The van der Waals surface area contributed by atoms with Crippen molar-refractivity contribution in [2.24, 2.45) is 0 Å². The van der Waals surface area contributed by atoms with Crippen LogP contribution >= 0.6 is 0 Å². The average molecular weight is 217 g/mol. The van der Waals surface area contributed by atoms with Crippen molar-refractivity contribution in [3.8, 4) is 0 Å². The fourth-order valence-electron chi connectivity index (χ4n) is 0.786. The molecule has 0 aliphatic carbocycles. The topological polar surface area (TPSA) is 35.5 Å². The van der Waals surface area contributed by atoms with Crippen molar-refractivity contribution in [3.05, 3.63) is 0 Å². The second-order valence-corrected chi connectivity index (χ2v) is 2.90. The molecule has 83 valence electrons. The smallest absolute Gasteiger partial charge is 0.259 e. The van der Waals surface area contributed by atoms with Crippen molar-refractivity contribution in [1.29, 1.82) is 0 Å². The highest BCUT2D eigenvalue weighted by molar-refractivity contribution is 5.75. The van der Waals surface area contributed by atoms with Crippen LogP contribution in [0.2, 0.25) is 0 Å². The summed E-state index contributed by atoms with van der Waals surface area (Å²) in [5.74, 6) is 0. The van der Waals surface area contributed by atoms with Gasteiger partial charge in [-0.15, -0.1) is 0 Å². The van der Waals surface area contributed by atoms with Crippen LogP contribution in [-0.2, 0) is 14.3 Å². The van der Waals surface area contributed by atoms with Crippen molar-refractivity contribution in [2.75, 3.05) is 13.2 Å². The first-order chi connectivity index (χ1) is 6.35. The summed E-state index contributed by atoms with van der Waals surface area (Å²) >= 11 is 0. The molecule has 0 fully saturated rings. The van der Waals surface area contributed by atoms with Gasteiger partial charge >= 0.3 is 0 Å². The molecular weight excluding hydrogens is 195 g/mol. The van der Waals surface area contributed by atoms with Gasteiger partial charge in [0.15, 0.2) is 17.4 Å². The van der Waals surface area contributed by atoms with Gasteiger partial charge in [-0.25, -0.2) is 0 Å². The second kappa shape index (κ2) is 13.1. The first-order valence-electron chi connectivity index (χ1n) is 4.96. The highest BCUT2D eigenvalue weighted by Crippen LogP contribution is 1.97. The molecule has 0 saturated carbocycles. The van der Waals surface area contributed by atoms with Crippen LogP contribution in [0.4, 0.5) is 0 Å². The highest BCUT2D eigenvalue weighted by Gasteiger charge is 2.07. The number of ether oxygens (including phenoxy) is 2. The van der Waals surface area contributed by atoms with Gasteiger partial charge in [0, 0.05) is 0 Å². The molecule has 0 aromatic heterocycles. The van der Waals surface area contributed by atoms with Gasteiger partial charge < -0.3 is 9.47 Å². The molecule has 3 nitrogen and oxygen atoms in total. The Bertz CT molecular complexity index is 110. The third-order valence-corrected chi connectivity index (χ3v) is 1.63. The largest absolute Gasteiger partial charge is 0.346 e. The molecule has 0 N–H and O–H groups in total. The summed E-state index contributed by atoms with van der Waals surface area (Å²) in [4.78, 5) is 10.3. The molecule has 0 amide bonds. The lowest BCUT2D eigenvalue weighted by molar-refractivity contribution is -0.0996. The summed E-state index contributed by atoms with van der Waals surface area (Å²) in [5.41, 5.74) is 0. The van der Waals surface area contributed by atoms with E-state index in [1.807, 2.05) is 0 Å². The minimum absolute atomic E-state index is 0. The zero-order valence-electron chi connectivity index (χ0n) is 8.54. The maximum atomic E-state index is 10.3. The lowest BCUT2D eigenvalue weighted by atomic mass is 10.3. The number of unbranched alkanes of at least 4 members (excludes halogenated alkanes) is 2. The SMILES string of the molecule is CCCCOC([C]=O)OCCCC.[AlH3]. The van der Waals surface area contributed by atoms with Crippen molar-refractivity contribution in [2.45, 2.75) is 45.8 Å². The standard InChI is InChI=1S/C10H19O3.Al.3H/c1-3-5-7-12-10(9-11)13-8-6-4-2;;;;/h10H,3-8H2,1-2H3;;;;. The van der Waals surface area contributed by atoms with Gasteiger partial charge in [-0.2, -0.15) is 0 Å². The minimum Gasteiger partial charge on any atom is -0.346 e. The minimum atomic E-state index is -0.780. The monoisotopic (exact) mass is 217 g/mol. The summed E-state index contributed by atoms with van der Waals surface area (Å²) in [5, 5.41) is 0. The van der Waals surface area contributed by atoms with Crippen LogP contribution in [0.15, 0.2) is 0 Å². The average Bonchev–Trinajstić information content (AvgIpc) is 2.16. The molecular formula is C10H22AlO3. The molecule has 4 heteroatoms. The maximum absolute atomic E-state index is 10.3. The van der Waals surface area contributed by atoms with Crippen molar-refractivity contribution in [3.63, 3.8) is 0 Å². The Morgan fingerprint density at radius 3 is 1.79 bits per heavy atom. The third-order valence-electron chi connectivity index (χ3n) is 1.63. The Morgan fingerprint density at radius 2 is 1.50 bits per heavy atom. The Labute approximate surface area is 97.3 Å². The van der Waals surface area contributed by atoms with E-state index in [4.69, 9.17) is 9.47 Å². The zero-order chi connectivity index (χ0) is 9.94. The Morgan fingerprint density at radius 1 is 1.07 bits per heavy atom. The van der Waals surface area contributed by atoms with Crippen LogP contribution in [-0.4, -0.2) is 43.2 Å². The van der Waals surface area contributed by atoms with E-state index in [9.17, 15) is 4.79 Å². The number of rotatable bonds is 9. The maximum Gasteiger partial charge on any atom is 0.259 e. The van der Waals surface area contributed by atoms with E-state index in [2.05, 4.69) is 13.8 Å². The molecule has 0 heterocycles. The number of hydrogen-bond acceptors (Lipinski definition) is 3. The lowest BCUT2D eigenvalue weighted by Gasteiger charge is -2.11. The fraction of sp³-hybridized carbons (Fsp3) is 0.900. The molecule has 0 atom stereocenters. The molecule has 0 aromatic carbocycles. The van der Waals surface area contributed by atoms with E-state index in [0.717, 1.165) is 25.7 Å². The molecule has 1 radical (unpaired) electrons. The van der Waals surface area contributed by atoms with Gasteiger partial charge in [0.05, 0.1) is 13.2 Å². The Balaban J connectivity index is 0. The molecule has 0 aliphatic rings. The quantitative estimate of drug-likeness (QED) is 0.326. The van der Waals surface area contributed by atoms with Crippen molar-refractivity contribution >= 4 is 23.6 Å². The molecule has 0 aromatic rings. The Kier molecular flexibility index (Phi) is 15.5. The van der Waals surface area contributed by atoms with Crippen molar-refractivity contribution in [1.82, 2.24) is 0 Å². The van der Waals surface area contributed by atoms with Crippen LogP contribution < -0.4 is 0 Å². The predicted octanol–water partition coefficient (Wildman–Crippen LogP) is 0.872. The van der Waals surface area contributed by atoms with E-state index in [0.29, 0.717) is 13.2 Å². The van der Waals surface area contributed by atoms with Gasteiger partial charge in [-0.1, -0.05) is 26.7 Å². The fourth-order valence-corrected chi connectivity index (χ4v) is 0.786. The summed E-state index contributed by atoms with van der Waals surface area (Å²) in [7, 11) is 0. The van der Waals surface area contributed by atoms with E-state index in [1.54, 1.807) is 6.29 Å². The van der Waals surface area contributed by atoms with Gasteiger partial charge in [0.1, 0.15) is 0 Å². The molecule has 0 unspecified atom stereocenters. The summed E-state index contributed by atoms with van der Waals surface area (Å²) in [6.45, 7) is 5.28. The predicted molar refractivity (Wildman–Crippen MR) is 61.1 cm³/mol. The van der Waals surface area contributed by atoms with Gasteiger partial charge in [-0.05, 0) is 12.8 Å². The summed E-state index contributed by atoms with van der Waals surface area (Å²) in [6, 6.07) is 0. The highest BCUT2D eigenvalue weighted by atomic mass is 27.0. The zero-order valence-corrected chi connectivity index (χ0v) is 8.54. The van der Waals surface area contributed by atoms with E-state index < -0.39 is 6.29 Å². The van der Waals surface area contributed by atoms with E-state index in [1.165, 1.54) is 0 Å². The summed E-state index contributed by atoms with van der Waals surface area (Å²) < 4.78 is 10.3.